The second-order valence-corrected chi connectivity index (χ2v) is 9.90. The lowest BCUT2D eigenvalue weighted by Gasteiger charge is -2.43. The molecule has 2 heterocycles. The molecule has 3 fully saturated rings. The fourth-order valence-corrected chi connectivity index (χ4v) is 5.58. The van der Waals surface area contributed by atoms with Crippen LogP contribution in [0.3, 0.4) is 0 Å². The summed E-state index contributed by atoms with van der Waals surface area (Å²) < 4.78 is 23.0. The molecule has 3 rings (SSSR count). The lowest BCUT2D eigenvalue weighted by Crippen LogP contribution is -2.50. The molecule has 0 bridgehead atoms. The average Bonchev–Trinajstić information content (AvgIpc) is 3.30. The molecular formula is C16H27NO4S. The predicted octanol–water partition coefficient (Wildman–Crippen LogP) is 1.21. The predicted molar refractivity (Wildman–Crippen MR) is 84.1 cm³/mol. The molecule has 0 spiro atoms. The Kier molecular flexibility index (Phi) is 4.52. The molecular weight excluding hydrogens is 302 g/mol. The molecule has 6 heteroatoms. The quantitative estimate of drug-likeness (QED) is 0.841. The highest BCUT2D eigenvalue weighted by Crippen LogP contribution is 2.44. The van der Waals surface area contributed by atoms with Crippen LogP contribution in [0.5, 0.6) is 0 Å². The number of aliphatic hydroxyl groups is 1. The minimum atomic E-state index is -2.93. The van der Waals surface area contributed by atoms with Crippen molar-refractivity contribution >= 4 is 15.7 Å². The van der Waals surface area contributed by atoms with Crippen LogP contribution in [-0.4, -0.2) is 55.5 Å². The van der Waals surface area contributed by atoms with E-state index in [1.54, 1.807) is 0 Å². The number of hydrogen-bond donors (Lipinski definition) is 1. The molecule has 1 N–H and O–H groups in total. The summed E-state index contributed by atoms with van der Waals surface area (Å²) in [4.78, 5) is 14.6. The van der Waals surface area contributed by atoms with Crippen molar-refractivity contribution in [2.24, 2.45) is 17.3 Å². The number of carbonyl (C=O) groups is 1. The standard InChI is InChI=1S/C16H27NO4S/c18-12-16(10-13-2-3-13)6-1-7-17(11-16)15(19)14-4-8-22(20,21)9-5-14/h13-14,18H,1-12H2. The normalized spacial score (nSPS) is 32.9. The van der Waals surface area contributed by atoms with Gasteiger partial charge in [0.25, 0.3) is 0 Å². The van der Waals surface area contributed by atoms with E-state index in [2.05, 4.69) is 0 Å². The van der Waals surface area contributed by atoms with Crippen LogP contribution in [0, 0.1) is 17.3 Å². The molecule has 2 aliphatic heterocycles. The van der Waals surface area contributed by atoms with Gasteiger partial charge < -0.3 is 10.0 Å². The Bertz CT molecular complexity index is 514. The Morgan fingerprint density at radius 3 is 2.45 bits per heavy atom. The molecule has 126 valence electrons. The summed E-state index contributed by atoms with van der Waals surface area (Å²) in [7, 11) is -2.93. The number of sulfone groups is 1. The minimum absolute atomic E-state index is 0.114. The van der Waals surface area contributed by atoms with E-state index in [4.69, 9.17) is 0 Å². The third-order valence-corrected chi connectivity index (χ3v) is 7.35. The maximum Gasteiger partial charge on any atom is 0.225 e. The molecule has 22 heavy (non-hydrogen) atoms. The third-order valence-electron chi connectivity index (χ3n) is 5.63. The van der Waals surface area contributed by atoms with Gasteiger partial charge in [-0.1, -0.05) is 12.8 Å². The lowest BCUT2D eigenvalue weighted by atomic mass is 9.76. The van der Waals surface area contributed by atoms with Gasteiger partial charge in [-0.15, -0.1) is 0 Å². The van der Waals surface area contributed by atoms with Crippen LogP contribution < -0.4 is 0 Å². The van der Waals surface area contributed by atoms with E-state index in [9.17, 15) is 18.3 Å². The molecule has 1 aliphatic carbocycles. The molecule has 1 saturated carbocycles. The van der Waals surface area contributed by atoms with Crippen LogP contribution in [0.1, 0.15) is 44.9 Å². The van der Waals surface area contributed by atoms with Crippen LogP contribution >= 0.6 is 0 Å². The zero-order valence-corrected chi connectivity index (χ0v) is 14.0. The van der Waals surface area contributed by atoms with Crippen molar-refractivity contribution in [1.82, 2.24) is 4.90 Å². The van der Waals surface area contributed by atoms with Crippen molar-refractivity contribution in [3.05, 3.63) is 0 Å². The topological polar surface area (TPSA) is 74.7 Å². The first-order valence-corrected chi connectivity index (χ1v) is 10.4. The summed E-state index contributed by atoms with van der Waals surface area (Å²) in [6, 6.07) is 0. The van der Waals surface area contributed by atoms with Crippen LogP contribution in [0.25, 0.3) is 0 Å². The van der Waals surface area contributed by atoms with Gasteiger partial charge in [-0.25, -0.2) is 8.42 Å². The zero-order valence-electron chi connectivity index (χ0n) is 13.2. The van der Waals surface area contributed by atoms with Gasteiger partial charge in [-0.05, 0) is 38.0 Å². The highest BCUT2D eigenvalue weighted by atomic mass is 32.2. The number of amides is 1. The second kappa shape index (κ2) is 6.11. The molecule has 0 aromatic carbocycles. The Hall–Kier alpha value is -0.620. The molecule has 1 amide bonds. The summed E-state index contributed by atoms with van der Waals surface area (Å²) in [5.41, 5.74) is -0.115. The van der Waals surface area contributed by atoms with Crippen molar-refractivity contribution < 1.29 is 18.3 Å². The van der Waals surface area contributed by atoms with E-state index in [0.717, 1.165) is 31.7 Å². The van der Waals surface area contributed by atoms with E-state index in [0.29, 0.717) is 19.4 Å². The second-order valence-electron chi connectivity index (χ2n) is 7.60. The van der Waals surface area contributed by atoms with Crippen molar-refractivity contribution in [1.29, 1.82) is 0 Å². The highest BCUT2D eigenvalue weighted by molar-refractivity contribution is 7.91. The molecule has 3 aliphatic rings. The number of nitrogens with zero attached hydrogens (tertiary/aromatic N) is 1. The summed E-state index contributed by atoms with van der Waals surface area (Å²) in [5.74, 6) is 0.999. The van der Waals surface area contributed by atoms with Crippen molar-refractivity contribution in [2.45, 2.75) is 44.9 Å². The smallest absolute Gasteiger partial charge is 0.225 e. The first-order chi connectivity index (χ1) is 10.4. The number of hydrogen-bond acceptors (Lipinski definition) is 4. The van der Waals surface area contributed by atoms with Gasteiger partial charge in [-0.2, -0.15) is 0 Å². The van der Waals surface area contributed by atoms with Crippen LogP contribution in [0.2, 0.25) is 0 Å². The number of aliphatic hydroxyl groups excluding tert-OH is 1. The van der Waals surface area contributed by atoms with E-state index in [-0.39, 0.29) is 35.4 Å². The summed E-state index contributed by atoms with van der Waals surface area (Å²) in [6.07, 6.45) is 6.43. The van der Waals surface area contributed by atoms with Crippen LogP contribution in [0.4, 0.5) is 0 Å². The number of rotatable bonds is 4. The van der Waals surface area contributed by atoms with Gasteiger partial charge in [0.1, 0.15) is 9.84 Å². The maximum absolute atomic E-state index is 12.7. The van der Waals surface area contributed by atoms with Crippen molar-refractivity contribution in [3.8, 4) is 0 Å². The zero-order chi connectivity index (χ0) is 15.8. The van der Waals surface area contributed by atoms with Gasteiger partial charge in [0.2, 0.25) is 5.91 Å². The fraction of sp³-hybridized carbons (Fsp3) is 0.938. The van der Waals surface area contributed by atoms with Crippen molar-refractivity contribution in [3.63, 3.8) is 0 Å². The largest absolute Gasteiger partial charge is 0.396 e. The Balaban J connectivity index is 1.62. The van der Waals surface area contributed by atoms with Gasteiger partial charge in [0.05, 0.1) is 18.1 Å². The molecule has 0 aromatic heterocycles. The lowest BCUT2D eigenvalue weighted by molar-refractivity contribution is -0.140. The molecule has 0 aromatic rings. The monoisotopic (exact) mass is 329 g/mol. The number of likely N-dealkylation sites (tertiary alicyclic amines) is 1. The summed E-state index contributed by atoms with van der Waals surface area (Å²) in [5, 5.41) is 9.88. The van der Waals surface area contributed by atoms with E-state index in [1.807, 2.05) is 4.90 Å². The summed E-state index contributed by atoms with van der Waals surface area (Å²) in [6.45, 7) is 1.57. The van der Waals surface area contributed by atoms with Gasteiger partial charge in [0, 0.05) is 24.4 Å². The minimum Gasteiger partial charge on any atom is -0.396 e. The van der Waals surface area contributed by atoms with Crippen LogP contribution in [-0.2, 0) is 14.6 Å². The third kappa shape index (κ3) is 3.65. The first-order valence-electron chi connectivity index (χ1n) is 8.53. The highest BCUT2D eigenvalue weighted by Gasteiger charge is 2.42. The van der Waals surface area contributed by atoms with Gasteiger partial charge in [0.15, 0.2) is 0 Å². The molecule has 0 radical (unpaired) electrons. The Morgan fingerprint density at radius 1 is 1.18 bits per heavy atom. The fourth-order valence-electron chi connectivity index (χ4n) is 4.09. The SMILES string of the molecule is O=C(C1CCS(=O)(=O)CC1)N1CCCC(CO)(CC2CC2)C1. The average molecular weight is 329 g/mol. The summed E-state index contributed by atoms with van der Waals surface area (Å²) >= 11 is 0. The number of carbonyl (C=O) groups excluding carboxylic acids is 1. The van der Waals surface area contributed by atoms with Gasteiger partial charge >= 0.3 is 0 Å². The van der Waals surface area contributed by atoms with E-state index < -0.39 is 9.84 Å². The van der Waals surface area contributed by atoms with Crippen LogP contribution in [0.15, 0.2) is 0 Å². The molecule has 1 unspecified atom stereocenters. The van der Waals surface area contributed by atoms with Gasteiger partial charge in [-0.3, -0.25) is 4.79 Å². The molecule has 5 nitrogen and oxygen atoms in total. The number of piperidine rings is 1. The van der Waals surface area contributed by atoms with E-state index >= 15 is 0 Å². The maximum atomic E-state index is 12.7. The Morgan fingerprint density at radius 2 is 1.86 bits per heavy atom. The first kappa shape index (κ1) is 16.2. The Labute approximate surface area is 133 Å². The molecule has 1 atom stereocenters. The molecule has 2 saturated heterocycles. The van der Waals surface area contributed by atoms with Crippen molar-refractivity contribution in [2.75, 3.05) is 31.2 Å². The van der Waals surface area contributed by atoms with E-state index in [1.165, 1.54) is 12.8 Å².